The number of hydrogen-bond acceptors (Lipinski definition) is 0. The van der Waals surface area contributed by atoms with Crippen molar-refractivity contribution in [2.75, 3.05) is 0 Å². The van der Waals surface area contributed by atoms with E-state index in [4.69, 9.17) is 0 Å². The van der Waals surface area contributed by atoms with Crippen molar-refractivity contribution < 1.29 is 0 Å². The molecule has 0 radical (unpaired) electrons. The van der Waals surface area contributed by atoms with E-state index in [2.05, 4.69) is 36.4 Å². The van der Waals surface area contributed by atoms with Gasteiger partial charge >= 0.3 is 0 Å². The van der Waals surface area contributed by atoms with E-state index in [1.807, 2.05) is 0 Å². The maximum absolute atomic E-state index is 3.95. The van der Waals surface area contributed by atoms with Crippen molar-refractivity contribution in [1.29, 1.82) is 0 Å². The normalized spacial score (nSPS) is 13.1. The molecule has 1 unspecified atom stereocenters. The lowest BCUT2D eigenvalue weighted by atomic mass is 10.1. The zero-order valence-electron chi connectivity index (χ0n) is 6.99. The lowest BCUT2D eigenvalue weighted by Gasteiger charge is -2.03. The van der Waals surface area contributed by atoms with Gasteiger partial charge in [0.15, 0.2) is 0 Å². The van der Waals surface area contributed by atoms with Gasteiger partial charge in [0.1, 0.15) is 0 Å². The first-order valence-corrected chi connectivity index (χ1v) is 4.89. The van der Waals surface area contributed by atoms with E-state index in [9.17, 15) is 0 Å². The van der Waals surface area contributed by atoms with Crippen LogP contribution in [0.5, 0.6) is 0 Å². The molecule has 0 bridgehead atoms. The fourth-order valence-corrected chi connectivity index (χ4v) is 1.13. The van der Waals surface area contributed by atoms with Gasteiger partial charge in [-0.15, -0.1) is 0 Å². The van der Waals surface area contributed by atoms with Gasteiger partial charge in [0.25, 0.3) is 0 Å². The van der Waals surface area contributed by atoms with E-state index in [0.29, 0.717) is 4.83 Å². The predicted molar refractivity (Wildman–Crippen MR) is 51.7 cm³/mol. The van der Waals surface area contributed by atoms with E-state index >= 15 is 0 Å². The second-order valence-corrected chi connectivity index (χ2v) is 4.34. The lowest BCUT2D eigenvalue weighted by Crippen LogP contribution is -1.89. The molecule has 0 aliphatic carbocycles. The quantitative estimate of drug-likeness (QED) is 0.471. The molecule has 0 saturated carbocycles. The summed E-state index contributed by atoms with van der Waals surface area (Å²) in [7, 11) is 0. The fourth-order valence-electron chi connectivity index (χ4n) is 0.810. The van der Waals surface area contributed by atoms with E-state index in [0.717, 1.165) is 6.42 Å². The first kappa shape index (κ1) is 10.2. The van der Waals surface area contributed by atoms with Crippen LogP contribution in [0.4, 0.5) is 0 Å². The second-order valence-electron chi connectivity index (χ2n) is 2.78. The Labute approximate surface area is 72.8 Å². The molecule has 1 atom stereocenters. The topological polar surface area (TPSA) is 0 Å². The summed E-state index contributed by atoms with van der Waals surface area (Å²) in [4.78, 5) is 0.664. The highest BCUT2D eigenvalue weighted by Crippen LogP contribution is 2.13. The molecule has 0 rings (SSSR count). The van der Waals surface area contributed by atoms with Crippen LogP contribution in [0.25, 0.3) is 0 Å². The van der Waals surface area contributed by atoms with Crippen molar-refractivity contribution in [2.24, 2.45) is 0 Å². The summed E-state index contributed by atoms with van der Waals surface area (Å²) in [6, 6.07) is 0. The van der Waals surface area contributed by atoms with Crippen LogP contribution < -0.4 is 0 Å². The SMILES string of the molecule is C=C(CC)CCCC(C)Br. The number of rotatable bonds is 5. The third kappa shape index (κ3) is 6.34. The maximum Gasteiger partial charge on any atom is 0.0117 e. The highest BCUT2D eigenvalue weighted by atomic mass is 79.9. The van der Waals surface area contributed by atoms with Gasteiger partial charge in [-0.3, -0.25) is 0 Å². The standard InChI is InChI=1S/C9H17Br/c1-4-8(2)6-5-7-9(3)10/h9H,2,4-7H2,1,3H3. The molecule has 0 aromatic carbocycles. The van der Waals surface area contributed by atoms with Crippen molar-refractivity contribution >= 4 is 15.9 Å². The minimum absolute atomic E-state index is 0.664. The minimum atomic E-state index is 0.664. The molecule has 0 N–H and O–H groups in total. The van der Waals surface area contributed by atoms with Crippen molar-refractivity contribution in [3.63, 3.8) is 0 Å². The molecule has 0 nitrogen and oxygen atoms in total. The minimum Gasteiger partial charge on any atom is -0.0999 e. The highest BCUT2D eigenvalue weighted by Gasteiger charge is 1.95. The third-order valence-corrected chi connectivity index (χ3v) is 2.09. The van der Waals surface area contributed by atoms with Crippen molar-refractivity contribution in [3.05, 3.63) is 12.2 Å². The Balaban J connectivity index is 3.12. The molecule has 0 amide bonds. The molecule has 0 spiro atoms. The van der Waals surface area contributed by atoms with E-state index < -0.39 is 0 Å². The van der Waals surface area contributed by atoms with Crippen LogP contribution in [0.1, 0.15) is 39.5 Å². The fraction of sp³-hybridized carbons (Fsp3) is 0.778. The third-order valence-electron chi connectivity index (χ3n) is 1.63. The summed E-state index contributed by atoms with van der Waals surface area (Å²) in [6.45, 7) is 8.31. The van der Waals surface area contributed by atoms with Gasteiger partial charge in [-0.2, -0.15) is 0 Å². The summed E-state index contributed by atoms with van der Waals surface area (Å²) in [6.07, 6.45) is 4.88. The van der Waals surface area contributed by atoms with Crippen LogP contribution in [0.2, 0.25) is 0 Å². The summed E-state index contributed by atoms with van der Waals surface area (Å²) >= 11 is 3.52. The zero-order chi connectivity index (χ0) is 7.98. The monoisotopic (exact) mass is 204 g/mol. The highest BCUT2D eigenvalue weighted by molar-refractivity contribution is 9.09. The number of allylic oxidation sites excluding steroid dienone is 1. The van der Waals surface area contributed by atoms with E-state index in [1.54, 1.807) is 0 Å². The Hall–Kier alpha value is 0.220. The Kier molecular flexibility index (Phi) is 6.10. The Morgan fingerprint density at radius 3 is 2.60 bits per heavy atom. The maximum atomic E-state index is 3.95. The van der Waals surface area contributed by atoms with Crippen LogP contribution in [0.15, 0.2) is 12.2 Å². The number of hydrogen-bond donors (Lipinski definition) is 0. The van der Waals surface area contributed by atoms with Crippen molar-refractivity contribution in [1.82, 2.24) is 0 Å². The largest absolute Gasteiger partial charge is 0.0999 e. The predicted octanol–water partition coefficient (Wildman–Crippen LogP) is 3.91. The van der Waals surface area contributed by atoms with E-state index in [-0.39, 0.29) is 0 Å². The van der Waals surface area contributed by atoms with E-state index in [1.165, 1.54) is 24.8 Å². The van der Waals surface area contributed by atoms with Crippen LogP contribution in [0, 0.1) is 0 Å². The van der Waals surface area contributed by atoms with Gasteiger partial charge < -0.3 is 0 Å². The number of halogens is 1. The molecule has 0 aromatic rings. The first-order chi connectivity index (χ1) is 4.66. The van der Waals surface area contributed by atoms with Gasteiger partial charge in [-0.25, -0.2) is 0 Å². The van der Waals surface area contributed by atoms with Crippen molar-refractivity contribution in [3.8, 4) is 0 Å². The molecule has 60 valence electrons. The average molecular weight is 205 g/mol. The second kappa shape index (κ2) is 5.96. The molecule has 0 aliphatic heterocycles. The molecule has 0 fully saturated rings. The van der Waals surface area contributed by atoms with Crippen molar-refractivity contribution in [2.45, 2.75) is 44.4 Å². The molecule has 0 aromatic heterocycles. The number of alkyl halides is 1. The van der Waals surface area contributed by atoms with Crippen LogP contribution >= 0.6 is 15.9 Å². The molecular formula is C9H17Br. The van der Waals surface area contributed by atoms with Gasteiger partial charge in [-0.1, -0.05) is 41.9 Å². The average Bonchev–Trinajstić information content (AvgIpc) is 1.87. The molecule has 0 aliphatic rings. The smallest absolute Gasteiger partial charge is 0.0117 e. The molecule has 0 saturated heterocycles. The summed E-state index contributed by atoms with van der Waals surface area (Å²) < 4.78 is 0. The van der Waals surface area contributed by atoms with Gasteiger partial charge in [0.05, 0.1) is 0 Å². The molecule has 0 heterocycles. The summed E-state index contributed by atoms with van der Waals surface area (Å²) in [5.74, 6) is 0. The molecular weight excluding hydrogens is 188 g/mol. The van der Waals surface area contributed by atoms with Crippen LogP contribution in [-0.2, 0) is 0 Å². The van der Waals surface area contributed by atoms with Gasteiger partial charge in [0, 0.05) is 4.83 Å². The van der Waals surface area contributed by atoms with Gasteiger partial charge in [-0.05, 0) is 25.7 Å². The lowest BCUT2D eigenvalue weighted by molar-refractivity contribution is 0.720. The van der Waals surface area contributed by atoms with Gasteiger partial charge in [0.2, 0.25) is 0 Å². The Morgan fingerprint density at radius 2 is 2.20 bits per heavy atom. The molecule has 10 heavy (non-hydrogen) atoms. The zero-order valence-corrected chi connectivity index (χ0v) is 8.58. The first-order valence-electron chi connectivity index (χ1n) is 3.97. The Morgan fingerprint density at radius 1 is 1.60 bits per heavy atom. The van der Waals surface area contributed by atoms with Crippen LogP contribution in [0.3, 0.4) is 0 Å². The summed E-state index contributed by atoms with van der Waals surface area (Å²) in [5, 5.41) is 0. The van der Waals surface area contributed by atoms with Crippen LogP contribution in [-0.4, -0.2) is 4.83 Å². The Bertz CT molecular complexity index is 94.9. The molecule has 1 heteroatoms. The summed E-state index contributed by atoms with van der Waals surface area (Å²) in [5.41, 5.74) is 1.38.